The fourth-order valence-electron chi connectivity index (χ4n) is 3.88. The maximum atomic E-state index is 13.1. The summed E-state index contributed by atoms with van der Waals surface area (Å²) in [6.07, 6.45) is 0. The van der Waals surface area contributed by atoms with E-state index in [9.17, 15) is 29.6 Å². The van der Waals surface area contributed by atoms with Crippen molar-refractivity contribution in [2.24, 2.45) is 0 Å². The normalized spacial score (nSPS) is 17.0. The van der Waals surface area contributed by atoms with E-state index in [-0.39, 0.29) is 28.5 Å². The lowest BCUT2D eigenvalue weighted by Crippen LogP contribution is -2.29. The monoisotopic (exact) mass is 457 g/mol. The SMILES string of the molecule is CC(=O)Nc1ccc(N2C(=O)C(=O)C(=C(O)c3ccccc3)[C@@H]2c2cccc([N+](=O)[O-])c2)cc1. The summed E-state index contributed by atoms with van der Waals surface area (Å²) in [4.78, 5) is 49.6. The number of nitro benzene ring substituents is 1. The Labute approximate surface area is 194 Å². The molecule has 0 spiro atoms. The molecule has 2 amide bonds. The van der Waals surface area contributed by atoms with Crippen LogP contribution in [0.4, 0.5) is 17.1 Å². The number of non-ortho nitro benzene ring substituents is 1. The molecule has 0 radical (unpaired) electrons. The quantitative estimate of drug-likeness (QED) is 0.194. The van der Waals surface area contributed by atoms with Crippen LogP contribution in [0.15, 0.2) is 84.4 Å². The molecule has 9 heteroatoms. The molecule has 1 aliphatic rings. The summed E-state index contributed by atoms with van der Waals surface area (Å²) in [5.74, 6) is -2.45. The lowest BCUT2D eigenvalue weighted by atomic mass is 9.95. The molecule has 170 valence electrons. The van der Waals surface area contributed by atoms with Gasteiger partial charge in [0.05, 0.1) is 16.5 Å². The number of Topliss-reactive ketones (excluding diaryl/α,β-unsaturated/α-hetero) is 1. The van der Waals surface area contributed by atoms with Gasteiger partial charge in [-0.15, -0.1) is 0 Å². The summed E-state index contributed by atoms with van der Waals surface area (Å²) in [5, 5.41) is 25.0. The highest BCUT2D eigenvalue weighted by Crippen LogP contribution is 2.43. The van der Waals surface area contributed by atoms with Gasteiger partial charge in [-0.05, 0) is 29.8 Å². The third kappa shape index (κ3) is 4.14. The minimum absolute atomic E-state index is 0.178. The molecule has 9 nitrogen and oxygen atoms in total. The molecule has 1 aliphatic heterocycles. The van der Waals surface area contributed by atoms with E-state index in [1.165, 1.54) is 30.0 Å². The van der Waals surface area contributed by atoms with Gasteiger partial charge in [0.2, 0.25) is 5.91 Å². The molecule has 34 heavy (non-hydrogen) atoms. The standard InChI is InChI=1S/C25H19N3O6/c1-15(29)26-18-10-12-19(13-11-18)27-22(17-8-5-9-20(14-17)28(33)34)21(24(31)25(27)32)23(30)16-6-3-2-4-7-16/h2-14,22,30H,1H3,(H,26,29)/t22-/m0/s1. The summed E-state index contributed by atoms with van der Waals surface area (Å²) in [6.45, 7) is 1.36. The Bertz CT molecular complexity index is 1330. The summed E-state index contributed by atoms with van der Waals surface area (Å²) in [5.41, 5.74) is 1.03. The third-order valence-electron chi connectivity index (χ3n) is 5.35. The van der Waals surface area contributed by atoms with Crippen LogP contribution >= 0.6 is 0 Å². The third-order valence-corrected chi connectivity index (χ3v) is 5.35. The van der Waals surface area contributed by atoms with Gasteiger partial charge in [-0.1, -0.05) is 42.5 Å². The van der Waals surface area contributed by atoms with Gasteiger partial charge in [0.1, 0.15) is 5.76 Å². The predicted molar refractivity (Wildman–Crippen MR) is 125 cm³/mol. The molecule has 0 bridgehead atoms. The number of amides is 2. The van der Waals surface area contributed by atoms with Crippen molar-refractivity contribution in [3.63, 3.8) is 0 Å². The molecule has 2 N–H and O–H groups in total. The highest BCUT2D eigenvalue weighted by molar-refractivity contribution is 6.51. The van der Waals surface area contributed by atoms with Gasteiger partial charge in [-0.3, -0.25) is 29.4 Å². The Morgan fingerprint density at radius 1 is 1.00 bits per heavy atom. The maximum Gasteiger partial charge on any atom is 0.300 e. The van der Waals surface area contributed by atoms with Gasteiger partial charge in [0.25, 0.3) is 17.4 Å². The highest BCUT2D eigenvalue weighted by Gasteiger charge is 2.47. The Hall–Kier alpha value is -4.79. The summed E-state index contributed by atoms with van der Waals surface area (Å²) in [6, 6.07) is 19.0. The van der Waals surface area contributed by atoms with Crippen LogP contribution < -0.4 is 10.2 Å². The van der Waals surface area contributed by atoms with E-state index in [0.717, 1.165) is 0 Å². The van der Waals surface area contributed by atoms with Crippen molar-refractivity contribution < 1.29 is 24.4 Å². The number of aliphatic hydroxyl groups is 1. The highest BCUT2D eigenvalue weighted by atomic mass is 16.6. The zero-order valence-electron chi connectivity index (χ0n) is 18.0. The number of carbonyl (C=O) groups excluding carboxylic acids is 3. The molecule has 3 aromatic rings. The van der Waals surface area contributed by atoms with E-state index in [0.29, 0.717) is 16.9 Å². The van der Waals surface area contributed by atoms with Crippen molar-refractivity contribution in [2.75, 3.05) is 10.2 Å². The van der Waals surface area contributed by atoms with Crippen molar-refractivity contribution in [1.82, 2.24) is 0 Å². The van der Waals surface area contributed by atoms with Crippen LogP contribution in [-0.2, 0) is 14.4 Å². The van der Waals surface area contributed by atoms with Gasteiger partial charge in [0, 0.05) is 36.0 Å². The van der Waals surface area contributed by atoms with Crippen LogP contribution in [0.1, 0.15) is 24.1 Å². The summed E-state index contributed by atoms with van der Waals surface area (Å²) < 4.78 is 0. The molecule has 1 saturated heterocycles. The van der Waals surface area contributed by atoms with Crippen molar-refractivity contribution in [1.29, 1.82) is 0 Å². The number of hydrogen-bond acceptors (Lipinski definition) is 6. The molecule has 1 heterocycles. The topological polar surface area (TPSA) is 130 Å². The first kappa shape index (κ1) is 22.4. The zero-order valence-corrected chi connectivity index (χ0v) is 18.0. The average molecular weight is 457 g/mol. The van der Waals surface area contributed by atoms with E-state index in [4.69, 9.17) is 0 Å². The predicted octanol–water partition coefficient (Wildman–Crippen LogP) is 4.18. The smallest absolute Gasteiger partial charge is 0.300 e. The Kier molecular flexibility index (Phi) is 5.92. The Morgan fingerprint density at radius 2 is 1.68 bits per heavy atom. The number of anilines is 2. The lowest BCUT2D eigenvalue weighted by molar-refractivity contribution is -0.384. The molecular formula is C25H19N3O6. The molecule has 3 aromatic carbocycles. The first-order valence-corrected chi connectivity index (χ1v) is 10.3. The molecule has 0 aromatic heterocycles. The van der Waals surface area contributed by atoms with Crippen LogP contribution in [0.5, 0.6) is 0 Å². The van der Waals surface area contributed by atoms with Crippen molar-refractivity contribution in [3.8, 4) is 0 Å². The minimum Gasteiger partial charge on any atom is -0.507 e. The molecule has 0 unspecified atom stereocenters. The van der Waals surface area contributed by atoms with Crippen LogP contribution in [0.25, 0.3) is 5.76 Å². The summed E-state index contributed by atoms with van der Waals surface area (Å²) >= 11 is 0. The number of nitro groups is 1. The molecule has 1 atom stereocenters. The van der Waals surface area contributed by atoms with Gasteiger partial charge in [0.15, 0.2) is 0 Å². The Morgan fingerprint density at radius 3 is 2.29 bits per heavy atom. The number of nitrogens with one attached hydrogen (secondary N) is 1. The van der Waals surface area contributed by atoms with Crippen LogP contribution in [0, 0.1) is 10.1 Å². The number of benzene rings is 3. The zero-order chi connectivity index (χ0) is 24.4. The maximum absolute atomic E-state index is 13.1. The largest absolute Gasteiger partial charge is 0.507 e. The van der Waals surface area contributed by atoms with E-state index >= 15 is 0 Å². The van der Waals surface area contributed by atoms with E-state index < -0.39 is 22.7 Å². The molecule has 1 fully saturated rings. The average Bonchev–Trinajstić information content (AvgIpc) is 3.10. The summed E-state index contributed by atoms with van der Waals surface area (Å²) in [7, 11) is 0. The van der Waals surface area contributed by atoms with E-state index in [1.807, 2.05) is 0 Å². The number of hydrogen-bond donors (Lipinski definition) is 2. The van der Waals surface area contributed by atoms with Gasteiger partial charge < -0.3 is 10.4 Å². The second kappa shape index (κ2) is 8.99. The van der Waals surface area contributed by atoms with Gasteiger partial charge >= 0.3 is 0 Å². The number of ketones is 1. The van der Waals surface area contributed by atoms with Crippen molar-refractivity contribution in [2.45, 2.75) is 13.0 Å². The minimum atomic E-state index is -1.10. The van der Waals surface area contributed by atoms with Crippen LogP contribution in [-0.4, -0.2) is 27.6 Å². The lowest BCUT2D eigenvalue weighted by Gasteiger charge is -2.25. The number of carbonyl (C=O) groups is 3. The molecule has 4 rings (SSSR count). The first-order chi connectivity index (χ1) is 16.3. The van der Waals surface area contributed by atoms with Gasteiger partial charge in [-0.25, -0.2) is 0 Å². The van der Waals surface area contributed by atoms with E-state index in [1.54, 1.807) is 60.7 Å². The van der Waals surface area contributed by atoms with Crippen LogP contribution in [0.3, 0.4) is 0 Å². The molecule has 0 aliphatic carbocycles. The second-order valence-electron chi connectivity index (χ2n) is 7.62. The van der Waals surface area contributed by atoms with Crippen molar-refractivity contribution >= 4 is 40.4 Å². The van der Waals surface area contributed by atoms with Crippen LogP contribution in [0.2, 0.25) is 0 Å². The number of nitrogens with zero attached hydrogens (tertiary/aromatic N) is 2. The second-order valence-corrected chi connectivity index (χ2v) is 7.62. The molecular weight excluding hydrogens is 438 g/mol. The Balaban J connectivity index is 1.90. The molecule has 0 saturated carbocycles. The number of rotatable bonds is 5. The fraction of sp³-hybridized carbons (Fsp3) is 0.0800. The van der Waals surface area contributed by atoms with Gasteiger partial charge in [-0.2, -0.15) is 0 Å². The first-order valence-electron chi connectivity index (χ1n) is 10.3. The fourth-order valence-corrected chi connectivity index (χ4v) is 3.88. The number of aliphatic hydroxyl groups excluding tert-OH is 1. The van der Waals surface area contributed by atoms with E-state index in [2.05, 4.69) is 5.32 Å². The van der Waals surface area contributed by atoms with Crippen molar-refractivity contribution in [3.05, 3.63) is 106 Å².